The molecule has 0 fully saturated rings. The summed E-state index contributed by atoms with van der Waals surface area (Å²) in [5, 5.41) is 49.4. The highest BCUT2D eigenvalue weighted by Crippen LogP contribution is 2.20. The zero-order valence-corrected chi connectivity index (χ0v) is 43.7. The smallest absolute Gasteiger partial charge is 0.326 e. The summed E-state index contributed by atoms with van der Waals surface area (Å²) in [5.74, 6) is -10.3. The first-order valence-electron chi connectivity index (χ1n) is 25.6. The maximum Gasteiger partial charge on any atom is 0.326 e. The third kappa shape index (κ3) is 23.1. The summed E-state index contributed by atoms with van der Waals surface area (Å²) in [6.45, 7) is -1.98. The van der Waals surface area contributed by atoms with E-state index in [4.69, 9.17) is 34.4 Å². The lowest BCUT2D eigenvalue weighted by Crippen LogP contribution is -2.61. The molecule has 2 aromatic carbocycles. The highest BCUT2D eigenvalue weighted by molar-refractivity contribution is 5.99. The third-order valence-corrected chi connectivity index (χ3v) is 12.2. The van der Waals surface area contributed by atoms with E-state index in [9.17, 15) is 63.3 Å². The summed E-state index contributed by atoms with van der Waals surface area (Å²) in [6.07, 6.45) is 1.91. The van der Waals surface area contributed by atoms with Crippen molar-refractivity contribution >= 4 is 76.0 Å². The predicted molar refractivity (Wildman–Crippen MR) is 288 cm³/mol. The molecule has 1 aromatic heterocycles. The number of unbranched alkanes of at least 4 members (excludes halogenated alkanes) is 2. The van der Waals surface area contributed by atoms with E-state index in [0.717, 1.165) is 0 Å². The highest BCUT2D eigenvalue weighted by atomic mass is 16.4. The van der Waals surface area contributed by atoms with Gasteiger partial charge in [0.15, 0.2) is 5.96 Å². The number of nitrogens with zero attached hydrogens (tertiary/aromatic N) is 1. The van der Waals surface area contributed by atoms with Gasteiger partial charge in [0.1, 0.15) is 48.3 Å². The first-order chi connectivity index (χ1) is 37.7. The summed E-state index contributed by atoms with van der Waals surface area (Å²) >= 11 is 0. The van der Waals surface area contributed by atoms with E-state index in [1.54, 1.807) is 60.8 Å². The number of hydrogen-bond acceptors (Lipinski definition) is 16. The Morgan fingerprint density at radius 3 is 1.62 bits per heavy atom. The number of aromatic nitrogens is 1. The number of benzene rings is 2. The number of aliphatic carboxylic acids is 1. The van der Waals surface area contributed by atoms with Crippen LogP contribution in [0.25, 0.3) is 10.9 Å². The first kappa shape index (κ1) is 65.0. The summed E-state index contributed by atoms with van der Waals surface area (Å²) in [7, 11) is 0. The van der Waals surface area contributed by atoms with Crippen LogP contribution in [0.1, 0.15) is 68.9 Å². The van der Waals surface area contributed by atoms with Gasteiger partial charge in [0.2, 0.25) is 53.2 Å². The van der Waals surface area contributed by atoms with Crippen LogP contribution in [0.5, 0.6) is 0 Å². The SMILES string of the molecule is NCCCC[C@H](NC(=O)CNC(=O)[C@H](CO)NC(=O)[C@H](CCCN=C(N)N)NC(=O)[C@H](CCCCN)NC(=O)[C@H](Cc1c[nH]c2ccccc12)NC(=O)[C@H](CC(N)=O)NC(=O)[C@H](Cc1ccccc1)NC(=O)[C@@H](N)CO)C(=O)O. The molecule has 3 rings (SSSR count). The molecule has 24 N–H and O–H groups in total. The van der Waals surface area contributed by atoms with Gasteiger partial charge in [-0.2, -0.15) is 0 Å². The molecule has 434 valence electrons. The van der Waals surface area contributed by atoms with Crippen LogP contribution in [0.3, 0.4) is 0 Å². The van der Waals surface area contributed by atoms with Crippen molar-refractivity contribution in [2.75, 3.05) is 39.4 Å². The van der Waals surface area contributed by atoms with Crippen LogP contribution >= 0.6 is 0 Å². The van der Waals surface area contributed by atoms with Gasteiger partial charge < -0.3 is 97.2 Å². The van der Waals surface area contributed by atoms with Crippen LogP contribution in [-0.4, -0.2) is 173 Å². The minimum Gasteiger partial charge on any atom is -0.480 e. The molecule has 0 aliphatic carbocycles. The summed E-state index contributed by atoms with van der Waals surface area (Å²) in [6, 6.07) is 3.48. The van der Waals surface area contributed by atoms with Gasteiger partial charge in [-0.1, -0.05) is 48.5 Å². The highest BCUT2D eigenvalue weighted by Gasteiger charge is 2.35. The van der Waals surface area contributed by atoms with E-state index in [-0.39, 0.29) is 64.0 Å². The van der Waals surface area contributed by atoms with Gasteiger partial charge in [0.25, 0.3) is 0 Å². The second-order valence-corrected chi connectivity index (χ2v) is 18.5. The molecule has 0 saturated carbocycles. The van der Waals surface area contributed by atoms with E-state index in [2.05, 4.69) is 52.5 Å². The number of primary amides is 1. The quantitative estimate of drug-likeness (QED) is 0.0145. The van der Waals surface area contributed by atoms with Crippen LogP contribution in [0.2, 0.25) is 0 Å². The fourth-order valence-electron chi connectivity index (χ4n) is 7.94. The summed E-state index contributed by atoms with van der Waals surface area (Å²) in [4.78, 5) is 141. The number of aliphatic imine (C=N–C) groups is 1. The van der Waals surface area contributed by atoms with E-state index in [1.165, 1.54) is 0 Å². The van der Waals surface area contributed by atoms with E-state index in [1.807, 2.05) is 0 Å². The van der Waals surface area contributed by atoms with Crippen molar-refractivity contribution in [3.63, 3.8) is 0 Å². The number of carboxylic acids is 1. The minimum absolute atomic E-state index is 0.0200. The lowest BCUT2D eigenvalue weighted by atomic mass is 10.0. The van der Waals surface area contributed by atoms with Crippen LogP contribution in [0.4, 0.5) is 0 Å². The molecule has 8 atom stereocenters. The Hall–Kier alpha value is -8.25. The van der Waals surface area contributed by atoms with Crippen LogP contribution in [-0.2, 0) is 60.8 Å². The molecule has 0 radical (unpaired) electrons. The maximum absolute atomic E-state index is 14.6. The molecule has 0 bridgehead atoms. The lowest BCUT2D eigenvalue weighted by Gasteiger charge is -2.27. The van der Waals surface area contributed by atoms with Gasteiger partial charge in [-0.15, -0.1) is 0 Å². The van der Waals surface area contributed by atoms with Gasteiger partial charge in [-0.3, -0.25) is 48.1 Å². The van der Waals surface area contributed by atoms with Crippen molar-refractivity contribution in [2.45, 2.75) is 119 Å². The number of nitrogens with one attached hydrogen (secondary N) is 9. The Labute approximate surface area is 455 Å². The predicted octanol–water partition coefficient (Wildman–Crippen LogP) is -5.95. The van der Waals surface area contributed by atoms with Crippen molar-refractivity contribution in [1.29, 1.82) is 0 Å². The number of carbonyl (C=O) groups is 10. The Morgan fingerprint density at radius 2 is 1.05 bits per heavy atom. The molecular formula is C50H76N16O13. The van der Waals surface area contributed by atoms with Crippen LogP contribution < -0.4 is 76.9 Å². The van der Waals surface area contributed by atoms with Crippen molar-refractivity contribution in [3.8, 4) is 0 Å². The lowest BCUT2D eigenvalue weighted by molar-refractivity contribution is -0.142. The molecule has 1 heterocycles. The average molecular weight is 1110 g/mol. The second kappa shape index (κ2) is 34.5. The molecule has 9 amide bonds. The normalized spacial score (nSPS) is 14.0. The largest absolute Gasteiger partial charge is 0.480 e. The van der Waals surface area contributed by atoms with Gasteiger partial charge in [-0.05, 0) is 81.6 Å². The molecule has 0 saturated heterocycles. The maximum atomic E-state index is 14.6. The molecule has 0 unspecified atom stereocenters. The number of guanidine groups is 1. The number of rotatable bonds is 37. The number of aliphatic hydroxyl groups is 2. The number of aromatic amines is 1. The van der Waals surface area contributed by atoms with Gasteiger partial charge in [0, 0.05) is 36.5 Å². The van der Waals surface area contributed by atoms with E-state index >= 15 is 0 Å². The standard InChI is InChI=1S/C50H76N16O13/c51-18-8-6-15-33(44(73)61-34(17-10-20-57-50(55)56)45(74)66-39(27-68)43(72)59-25-41(70)60-35(49(78)79)16-7-9-19-52)62-47(76)37(22-29-24-58-32-14-5-4-13-30(29)32)64-48(77)38(23-40(54)69)65-46(75)36(63-42(71)31(53)26-67)21-28-11-2-1-3-12-28/h1-5,11-14,24,31,33-39,58,67-68H,6-10,15-23,25-27,51-53H2,(H2,54,69)(H,59,72)(H,60,70)(H,61,73)(H,62,76)(H,63,71)(H,64,77)(H,65,75)(H,66,74)(H,78,79)(H4,55,56,57)/t31-,33-,34-,35-,36-,37-,38-,39-/m0/s1. The average Bonchev–Trinajstić information content (AvgIpc) is 3.85. The summed E-state index contributed by atoms with van der Waals surface area (Å²) < 4.78 is 0. The number of H-pyrrole nitrogens is 1. The molecule has 79 heavy (non-hydrogen) atoms. The Bertz CT molecular complexity index is 2540. The molecule has 3 aromatic rings. The molecule has 0 aliphatic rings. The molecule has 0 aliphatic heterocycles. The third-order valence-electron chi connectivity index (χ3n) is 12.2. The summed E-state index contributed by atoms with van der Waals surface area (Å²) in [5.41, 5.74) is 35.3. The molecule has 0 spiro atoms. The van der Waals surface area contributed by atoms with E-state index < -0.39 is 134 Å². The zero-order chi connectivity index (χ0) is 58.4. The number of hydrogen-bond donors (Lipinski definition) is 18. The minimum atomic E-state index is -1.74. The fraction of sp³-hybridized carbons (Fsp3) is 0.500. The fourth-order valence-corrected chi connectivity index (χ4v) is 7.94. The van der Waals surface area contributed by atoms with Gasteiger partial charge in [0.05, 0.1) is 26.2 Å². The topological polar surface area (TPSA) is 512 Å². The molecular weight excluding hydrogens is 1030 g/mol. The number of fused-ring (bicyclic) bond motifs is 1. The Morgan fingerprint density at radius 1 is 0.544 bits per heavy atom. The van der Waals surface area contributed by atoms with Gasteiger partial charge >= 0.3 is 5.97 Å². The van der Waals surface area contributed by atoms with Crippen molar-refractivity contribution in [2.24, 2.45) is 39.4 Å². The number of nitrogens with two attached hydrogens (primary N) is 6. The molecule has 29 nitrogen and oxygen atoms in total. The monoisotopic (exact) mass is 1110 g/mol. The number of para-hydroxylation sites is 1. The van der Waals surface area contributed by atoms with Crippen molar-refractivity contribution < 1.29 is 63.3 Å². The van der Waals surface area contributed by atoms with Crippen molar-refractivity contribution in [1.82, 2.24) is 47.5 Å². The number of carbonyl (C=O) groups excluding carboxylic acids is 9. The number of carboxylic acid groups (broad SMARTS) is 1. The Balaban J connectivity index is 1.94. The second-order valence-electron chi connectivity index (χ2n) is 18.5. The first-order valence-corrected chi connectivity index (χ1v) is 25.6. The van der Waals surface area contributed by atoms with E-state index in [0.29, 0.717) is 47.8 Å². The van der Waals surface area contributed by atoms with Crippen LogP contribution in [0.15, 0.2) is 65.8 Å². The zero-order valence-electron chi connectivity index (χ0n) is 43.7. The van der Waals surface area contributed by atoms with Crippen LogP contribution in [0, 0.1) is 0 Å². The number of aliphatic hydroxyl groups excluding tert-OH is 2. The Kier molecular flexibility index (Phi) is 28.4. The van der Waals surface area contributed by atoms with Crippen molar-refractivity contribution in [3.05, 3.63) is 71.9 Å². The van der Waals surface area contributed by atoms with Gasteiger partial charge in [-0.25, -0.2) is 4.79 Å². The number of amides is 9. The molecule has 29 heteroatoms.